The summed E-state index contributed by atoms with van der Waals surface area (Å²) in [6, 6.07) is 7.11. The van der Waals surface area contributed by atoms with E-state index in [9.17, 15) is 18.0 Å². The van der Waals surface area contributed by atoms with Crippen LogP contribution in [0.25, 0.3) is 0 Å². The van der Waals surface area contributed by atoms with Crippen LogP contribution in [0.3, 0.4) is 0 Å². The molecular weight excluding hydrogens is 439 g/mol. The molecule has 0 spiro atoms. The molecule has 0 fully saturated rings. The van der Waals surface area contributed by atoms with Gasteiger partial charge in [0.25, 0.3) is 5.91 Å². The first kappa shape index (κ1) is 23.7. The fourth-order valence-corrected chi connectivity index (χ4v) is 4.23. The molecule has 1 amide bonds. The number of nitrogens with one attached hydrogen (secondary N) is 1. The van der Waals surface area contributed by atoms with E-state index in [-0.39, 0.29) is 22.9 Å². The van der Waals surface area contributed by atoms with E-state index >= 15 is 0 Å². The predicted molar refractivity (Wildman–Crippen MR) is 120 cm³/mol. The van der Waals surface area contributed by atoms with Gasteiger partial charge in [0.2, 0.25) is 0 Å². The molecular formula is C23H24F3N3O2S. The van der Waals surface area contributed by atoms with E-state index in [4.69, 9.17) is 4.84 Å². The zero-order chi connectivity index (χ0) is 23.5. The second-order valence-electron chi connectivity index (χ2n) is 7.75. The van der Waals surface area contributed by atoms with Gasteiger partial charge in [-0.05, 0) is 43.9 Å². The lowest BCUT2D eigenvalue weighted by molar-refractivity contribution is -0.141. The van der Waals surface area contributed by atoms with Crippen molar-refractivity contribution in [1.82, 2.24) is 4.98 Å². The number of benzene rings is 1. The van der Waals surface area contributed by atoms with Crippen molar-refractivity contribution in [3.63, 3.8) is 0 Å². The number of amides is 1. The number of carbonyl (C=O) groups is 1. The lowest BCUT2D eigenvalue weighted by atomic mass is 9.81. The number of halogens is 3. The normalized spacial score (nSPS) is 18.8. The van der Waals surface area contributed by atoms with Crippen molar-refractivity contribution in [3.05, 3.63) is 69.2 Å². The number of allylic oxidation sites excluding steroid dienone is 4. The molecule has 0 radical (unpaired) electrons. The van der Waals surface area contributed by atoms with E-state index in [1.165, 1.54) is 6.92 Å². The Morgan fingerprint density at radius 3 is 2.69 bits per heavy atom. The number of thiazole rings is 1. The quantitative estimate of drug-likeness (QED) is 0.401. The highest BCUT2D eigenvalue weighted by Gasteiger charge is 2.39. The molecule has 170 valence electrons. The van der Waals surface area contributed by atoms with Gasteiger partial charge in [0.15, 0.2) is 5.69 Å². The summed E-state index contributed by atoms with van der Waals surface area (Å²) in [6.07, 6.45) is 2.86. The maximum atomic E-state index is 13.3. The Balaban J connectivity index is 1.82. The largest absolute Gasteiger partial charge is 0.435 e. The van der Waals surface area contributed by atoms with E-state index in [1.807, 2.05) is 51.1 Å². The van der Waals surface area contributed by atoms with Crippen molar-refractivity contribution in [1.29, 1.82) is 0 Å². The van der Waals surface area contributed by atoms with Gasteiger partial charge in [-0.25, -0.2) is 4.98 Å². The SMILES string of the molecule is Cc1nc(C(F)(F)F)c(C(=O)Nc2ccccc2C2C=CC(/C=N/OC(C)C)=CC2C)s1. The highest BCUT2D eigenvalue weighted by Crippen LogP contribution is 2.37. The lowest BCUT2D eigenvalue weighted by Gasteiger charge is -2.25. The van der Waals surface area contributed by atoms with E-state index in [1.54, 1.807) is 18.3 Å². The maximum Gasteiger partial charge on any atom is 0.435 e. The van der Waals surface area contributed by atoms with Gasteiger partial charge < -0.3 is 10.2 Å². The summed E-state index contributed by atoms with van der Waals surface area (Å²) in [6.45, 7) is 7.24. The Morgan fingerprint density at radius 2 is 2.03 bits per heavy atom. The molecule has 0 saturated carbocycles. The minimum Gasteiger partial charge on any atom is -0.393 e. The van der Waals surface area contributed by atoms with Crippen molar-refractivity contribution in [2.24, 2.45) is 11.1 Å². The molecule has 1 aliphatic rings. The van der Waals surface area contributed by atoms with Gasteiger partial charge >= 0.3 is 6.18 Å². The number of aryl methyl sites for hydroxylation is 1. The molecule has 2 aromatic rings. The fraction of sp³-hybridized carbons (Fsp3) is 0.348. The Bertz CT molecular complexity index is 1070. The molecule has 0 aliphatic heterocycles. The van der Waals surface area contributed by atoms with Crippen LogP contribution in [0.4, 0.5) is 18.9 Å². The van der Waals surface area contributed by atoms with Crippen LogP contribution in [0.15, 0.2) is 53.2 Å². The average molecular weight is 464 g/mol. The number of carbonyl (C=O) groups excluding carboxylic acids is 1. The molecule has 2 atom stereocenters. The minimum atomic E-state index is -4.69. The molecule has 2 unspecified atom stereocenters. The number of rotatable bonds is 6. The van der Waals surface area contributed by atoms with Crippen molar-refractivity contribution < 1.29 is 22.8 Å². The van der Waals surface area contributed by atoms with Crippen molar-refractivity contribution in [2.45, 2.75) is 45.9 Å². The molecule has 0 bridgehead atoms. The highest BCUT2D eigenvalue weighted by molar-refractivity contribution is 7.13. The van der Waals surface area contributed by atoms with Crippen molar-refractivity contribution in [2.75, 3.05) is 5.32 Å². The third-order valence-corrected chi connectivity index (χ3v) is 5.74. The standard InChI is InChI=1S/C23H24F3N3O2S/c1-13(2)31-27-12-16-9-10-17(14(3)11-16)18-7-5-6-8-19(18)29-22(30)20-21(23(24,25)26)28-15(4)32-20/h5-14,17H,1-4H3,(H,29,30)/b27-12+. The lowest BCUT2D eigenvalue weighted by Crippen LogP contribution is -2.19. The summed E-state index contributed by atoms with van der Waals surface area (Å²) in [5, 5.41) is 6.79. The highest BCUT2D eigenvalue weighted by atomic mass is 32.1. The van der Waals surface area contributed by atoms with Crippen LogP contribution in [0.5, 0.6) is 0 Å². The topological polar surface area (TPSA) is 63.6 Å². The molecule has 1 heterocycles. The maximum absolute atomic E-state index is 13.3. The van der Waals surface area contributed by atoms with Gasteiger partial charge in [-0.1, -0.05) is 48.5 Å². The van der Waals surface area contributed by atoms with Gasteiger partial charge in [-0.2, -0.15) is 13.2 Å². The molecule has 1 aromatic carbocycles. The minimum absolute atomic E-state index is 0.0136. The number of para-hydroxylation sites is 1. The Morgan fingerprint density at radius 1 is 1.31 bits per heavy atom. The number of alkyl halides is 3. The van der Waals surface area contributed by atoms with Crippen LogP contribution in [0.1, 0.15) is 52.6 Å². The average Bonchev–Trinajstić information content (AvgIpc) is 3.11. The van der Waals surface area contributed by atoms with Crippen LogP contribution >= 0.6 is 11.3 Å². The molecule has 1 aliphatic carbocycles. The Labute approximate surface area is 188 Å². The van der Waals surface area contributed by atoms with E-state index in [2.05, 4.69) is 15.5 Å². The van der Waals surface area contributed by atoms with Crippen LogP contribution in [0.2, 0.25) is 0 Å². The van der Waals surface area contributed by atoms with Gasteiger partial charge in [-0.15, -0.1) is 11.3 Å². The van der Waals surface area contributed by atoms with Crippen LogP contribution in [0, 0.1) is 12.8 Å². The summed E-state index contributed by atoms with van der Waals surface area (Å²) in [5.41, 5.74) is 1.01. The smallest absolute Gasteiger partial charge is 0.393 e. The van der Waals surface area contributed by atoms with Gasteiger partial charge in [0.05, 0.1) is 11.2 Å². The summed E-state index contributed by atoms with van der Waals surface area (Å²) in [7, 11) is 0. The van der Waals surface area contributed by atoms with Crippen LogP contribution in [-0.4, -0.2) is 23.2 Å². The molecule has 9 heteroatoms. The van der Waals surface area contributed by atoms with Crippen molar-refractivity contribution in [3.8, 4) is 0 Å². The molecule has 3 rings (SSSR count). The Kier molecular flexibility index (Phi) is 7.18. The zero-order valence-electron chi connectivity index (χ0n) is 18.1. The van der Waals surface area contributed by atoms with E-state index in [0.29, 0.717) is 5.69 Å². The number of nitrogens with zero attached hydrogens (tertiary/aromatic N) is 2. The predicted octanol–water partition coefficient (Wildman–Crippen LogP) is 6.35. The number of aromatic nitrogens is 1. The van der Waals surface area contributed by atoms with Gasteiger partial charge in [0.1, 0.15) is 11.0 Å². The van der Waals surface area contributed by atoms with Crippen LogP contribution in [-0.2, 0) is 11.0 Å². The first-order chi connectivity index (χ1) is 15.1. The third-order valence-electron chi connectivity index (χ3n) is 4.77. The van der Waals surface area contributed by atoms with Crippen molar-refractivity contribution >= 4 is 29.1 Å². The molecule has 1 aromatic heterocycles. The summed E-state index contributed by atoms with van der Waals surface area (Å²) < 4.78 is 39.8. The number of hydrogen-bond acceptors (Lipinski definition) is 5. The first-order valence-electron chi connectivity index (χ1n) is 10.1. The third kappa shape index (κ3) is 5.64. The Hall–Kier alpha value is -2.94. The first-order valence-corrected chi connectivity index (χ1v) is 10.9. The van der Waals surface area contributed by atoms with Crippen LogP contribution < -0.4 is 5.32 Å². The second kappa shape index (κ2) is 9.68. The number of oxime groups is 1. The fourth-order valence-electron chi connectivity index (χ4n) is 3.39. The zero-order valence-corrected chi connectivity index (χ0v) is 18.9. The summed E-state index contributed by atoms with van der Waals surface area (Å²) in [5.74, 6) is -0.827. The number of hydrogen-bond donors (Lipinski definition) is 1. The molecule has 5 nitrogen and oxygen atoms in total. The number of anilines is 1. The van der Waals surface area contributed by atoms with E-state index < -0.39 is 22.7 Å². The van der Waals surface area contributed by atoms with E-state index in [0.717, 1.165) is 22.5 Å². The summed E-state index contributed by atoms with van der Waals surface area (Å²) in [4.78, 5) is 21.0. The monoisotopic (exact) mass is 463 g/mol. The molecule has 32 heavy (non-hydrogen) atoms. The summed E-state index contributed by atoms with van der Waals surface area (Å²) >= 11 is 0.727. The molecule has 1 N–H and O–H groups in total. The van der Waals surface area contributed by atoms with Gasteiger partial charge in [-0.3, -0.25) is 4.79 Å². The van der Waals surface area contributed by atoms with Gasteiger partial charge in [0, 0.05) is 11.6 Å². The molecule has 0 saturated heterocycles. The second-order valence-corrected chi connectivity index (χ2v) is 8.95.